The van der Waals surface area contributed by atoms with E-state index in [1.54, 1.807) is 25.1 Å². The highest BCUT2D eigenvalue weighted by atomic mass is 35.5. The Morgan fingerprint density at radius 2 is 2.15 bits per heavy atom. The predicted molar refractivity (Wildman–Crippen MR) is 102 cm³/mol. The van der Waals surface area contributed by atoms with Crippen LogP contribution >= 0.6 is 22.9 Å². The molecule has 0 aliphatic rings. The van der Waals surface area contributed by atoms with E-state index in [9.17, 15) is 4.79 Å². The van der Waals surface area contributed by atoms with Gasteiger partial charge in [0.05, 0.1) is 24.9 Å². The molecule has 26 heavy (non-hydrogen) atoms. The van der Waals surface area contributed by atoms with E-state index < -0.39 is 5.91 Å². The van der Waals surface area contributed by atoms with Crippen molar-refractivity contribution in [3.63, 3.8) is 0 Å². The van der Waals surface area contributed by atoms with Gasteiger partial charge in [0.2, 0.25) is 0 Å². The molecule has 0 aliphatic carbocycles. The summed E-state index contributed by atoms with van der Waals surface area (Å²) < 4.78 is 12.2. The van der Waals surface area contributed by atoms with Gasteiger partial charge in [0.15, 0.2) is 10.8 Å². The molecule has 0 aliphatic heterocycles. The number of benzene rings is 1. The highest BCUT2D eigenvalue weighted by Gasteiger charge is 2.18. The van der Waals surface area contributed by atoms with Crippen LogP contribution in [0.4, 0.5) is 5.13 Å². The lowest BCUT2D eigenvalue weighted by Gasteiger charge is -2.08. The van der Waals surface area contributed by atoms with Crippen LogP contribution in [0.2, 0.25) is 5.02 Å². The summed E-state index contributed by atoms with van der Waals surface area (Å²) >= 11 is 7.37. The second kappa shape index (κ2) is 7.76. The third-order valence-electron chi connectivity index (χ3n) is 3.66. The zero-order chi connectivity index (χ0) is 18.7. The third-order valence-corrected chi connectivity index (χ3v) is 4.70. The van der Waals surface area contributed by atoms with E-state index in [-0.39, 0.29) is 5.69 Å². The van der Waals surface area contributed by atoms with Crippen molar-refractivity contribution in [2.75, 3.05) is 19.5 Å². The van der Waals surface area contributed by atoms with Crippen molar-refractivity contribution in [2.24, 2.45) is 0 Å². The monoisotopic (exact) mass is 392 g/mol. The van der Waals surface area contributed by atoms with Gasteiger partial charge in [-0.25, -0.2) is 4.98 Å². The van der Waals surface area contributed by atoms with Crippen LogP contribution in [0, 0.1) is 0 Å². The first-order chi connectivity index (χ1) is 12.5. The van der Waals surface area contributed by atoms with Crippen LogP contribution in [0.25, 0.3) is 11.3 Å². The van der Waals surface area contributed by atoms with Gasteiger partial charge in [-0.15, -0.1) is 11.3 Å². The summed E-state index contributed by atoms with van der Waals surface area (Å²) in [7, 11) is 3.18. The number of amides is 1. The fraction of sp³-hybridized carbons (Fsp3) is 0.235. The number of rotatable bonds is 6. The van der Waals surface area contributed by atoms with Gasteiger partial charge >= 0.3 is 0 Å². The number of aromatic nitrogens is 3. The number of hydrogen-bond donors (Lipinski definition) is 1. The summed E-state index contributed by atoms with van der Waals surface area (Å²) in [6.45, 7) is 2.55. The maximum Gasteiger partial charge on any atom is 0.279 e. The highest BCUT2D eigenvalue weighted by Crippen LogP contribution is 2.35. The Labute approximate surface area is 159 Å². The zero-order valence-electron chi connectivity index (χ0n) is 14.4. The number of nitrogens with one attached hydrogen (secondary N) is 1. The number of ether oxygens (including phenoxy) is 2. The number of anilines is 1. The van der Waals surface area contributed by atoms with E-state index in [2.05, 4.69) is 15.4 Å². The van der Waals surface area contributed by atoms with Crippen LogP contribution in [0.3, 0.4) is 0 Å². The van der Waals surface area contributed by atoms with Crippen LogP contribution in [0.5, 0.6) is 11.5 Å². The van der Waals surface area contributed by atoms with Crippen LogP contribution < -0.4 is 14.8 Å². The van der Waals surface area contributed by atoms with Crippen LogP contribution in [-0.2, 0) is 6.54 Å². The number of hydrogen-bond acceptors (Lipinski definition) is 6. The van der Waals surface area contributed by atoms with Crippen molar-refractivity contribution in [2.45, 2.75) is 13.5 Å². The fourth-order valence-electron chi connectivity index (χ4n) is 2.34. The van der Waals surface area contributed by atoms with Gasteiger partial charge in [-0.3, -0.25) is 14.8 Å². The Hall–Kier alpha value is -2.58. The molecule has 1 N–H and O–H groups in total. The lowest BCUT2D eigenvalue weighted by atomic mass is 10.1. The number of carbonyl (C=O) groups excluding carboxylic acids is 1. The topological polar surface area (TPSA) is 78.3 Å². The molecule has 1 amide bonds. The molecule has 136 valence electrons. The molecule has 1 aromatic carbocycles. The van der Waals surface area contributed by atoms with Crippen molar-refractivity contribution in [3.05, 3.63) is 40.5 Å². The molecule has 2 heterocycles. The minimum Gasteiger partial charge on any atom is -0.497 e. The molecule has 0 saturated carbocycles. The average Bonchev–Trinajstić information content (AvgIpc) is 3.27. The maximum absolute atomic E-state index is 12.4. The van der Waals surface area contributed by atoms with Gasteiger partial charge in [0.1, 0.15) is 11.5 Å². The molecule has 0 fully saturated rings. The largest absolute Gasteiger partial charge is 0.497 e. The van der Waals surface area contributed by atoms with Crippen molar-refractivity contribution in [3.8, 4) is 22.8 Å². The fourth-order valence-corrected chi connectivity index (χ4v) is 3.28. The first-order valence-corrected chi connectivity index (χ1v) is 9.03. The highest BCUT2D eigenvalue weighted by molar-refractivity contribution is 7.14. The molecule has 9 heteroatoms. The molecule has 3 aromatic rings. The van der Waals surface area contributed by atoms with Gasteiger partial charge in [-0.05, 0) is 25.1 Å². The molecule has 2 aromatic heterocycles. The molecular weight excluding hydrogens is 376 g/mol. The lowest BCUT2D eigenvalue weighted by molar-refractivity contribution is 0.102. The van der Waals surface area contributed by atoms with E-state index in [0.717, 1.165) is 5.56 Å². The van der Waals surface area contributed by atoms with E-state index >= 15 is 0 Å². The van der Waals surface area contributed by atoms with Crippen molar-refractivity contribution < 1.29 is 14.3 Å². The second-order valence-electron chi connectivity index (χ2n) is 5.24. The Morgan fingerprint density at radius 3 is 2.81 bits per heavy atom. The Morgan fingerprint density at radius 1 is 1.35 bits per heavy atom. The molecule has 0 spiro atoms. The van der Waals surface area contributed by atoms with E-state index in [1.165, 1.54) is 11.3 Å². The standard InChI is InChI=1S/C17H17ClN4O3S/c1-4-22-8-12(18)15(21-22)16(23)20-17-19-13(9-26-17)11-7-10(24-2)5-6-14(11)25-3/h5-9H,4H2,1-3H3,(H,19,20,23). The Balaban J connectivity index is 1.84. The van der Waals surface area contributed by atoms with Crippen LogP contribution in [-0.4, -0.2) is 34.9 Å². The van der Waals surface area contributed by atoms with Crippen molar-refractivity contribution >= 4 is 34.0 Å². The van der Waals surface area contributed by atoms with E-state index in [1.807, 2.05) is 30.5 Å². The summed E-state index contributed by atoms with van der Waals surface area (Å²) in [4.78, 5) is 16.8. The van der Waals surface area contributed by atoms with Crippen LogP contribution in [0.15, 0.2) is 29.8 Å². The smallest absolute Gasteiger partial charge is 0.279 e. The maximum atomic E-state index is 12.4. The first-order valence-electron chi connectivity index (χ1n) is 7.78. The molecule has 0 unspecified atom stereocenters. The molecule has 3 rings (SSSR count). The van der Waals surface area contributed by atoms with Crippen molar-refractivity contribution in [1.29, 1.82) is 0 Å². The molecular formula is C17H17ClN4O3S. The Bertz CT molecular complexity index is 938. The van der Waals surface area contributed by atoms with Gasteiger partial charge in [0.25, 0.3) is 5.91 Å². The summed E-state index contributed by atoms with van der Waals surface area (Å²) in [5, 5.41) is 9.46. The van der Waals surface area contributed by atoms with E-state index in [4.69, 9.17) is 21.1 Å². The molecule has 0 radical (unpaired) electrons. The summed E-state index contributed by atoms with van der Waals surface area (Å²) in [5.41, 5.74) is 1.62. The van der Waals surface area contributed by atoms with Crippen LogP contribution in [0.1, 0.15) is 17.4 Å². The zero-order valence-corrected chi connectivity index (χ0v) is 16.0. The van der Waals surface area contributed by atoms with Crippen molar-refractivity contribution in [1.82, 2.24) is 14.8 Å². The normalized spacial score (nSPS) is 10.6. The summed E-state index contributed by atoms with van der Waals surface area (Å²) in [5.74, 6) is 0.954. The van der Waals surface area contributed by atoms with Gasteiger partial charge in [-0.2, -0.15) is 5.10 Å². The minimum absolute atomic E-state index is 0.171. The number of carbonyl (C=O) groups is 1. The lowest BCUT2D eigenvalue weighted by Crippen LogP contribution is -2.13. The number of halogens is 1. The number of methoxy groups -OCH3 is 2. The molecule has 0 atom stereocenters. The number of thiazole rings is 1. The van der Waals surface area contributed by atoms with Gasteiger partial charge < -0.3 is 9.47 Å². The van der Waals surface area contributed by atoms with Gasteiger partial charge in [0, 0.05) is 23.7 Å². The quantitative estimate of drug-likeness (QED) is 0.687. The molecule has 0 saturated heterocycles. The molecule has 7 nitrogen and oxygen atoms in total. The Kier molecular flexibility index (Phi) is 5.43. The molecule has 0 bridgehead atoms. The SMILES string of the molecule is CCn1cc(Cl)c(C(=O)Nc2nc(-c3cc(OC)ccc3OC)cs2)n1. The minimum atomic E-state index is -0.402. The average molecular weight is 393 g/mol. The predicted octanol–water partition coefficient (Wildman–Crippen LogP) is 3.95. The third kappa shape index (κ3) is 3.66. The second-order valence-corrected chi connectivity index (χ2v) is 6.50. The van der Waals surface area contributed by atoms with E-state index in [0.29, 0.717) is 33.9 Å². The first kappa shape index (κ1) is 18.2. The summed E-state index contributed by atoms with van der Waals surface area (Å²) in [6, 6.07) is 5.45. The summed E-state index contributed by atoms with van der Waals surface area (Å²) in [6.07, 6.45) is 1.62. The number of aryl methyl sites for hydroxylation is 1. The number of nitrogens with zero attached hydrogens (tertiary/aromatic N) is 3. The van der Waals surface area contributed by atoms with Gasteiger partial charge in [-0.1, -0.05) is 11.6 Å².